The van der Waals surface area contributed by atoms with E-state index < -0.39 is 23.2 Å². The fourth-order valence-corrected chi connectivity index (χ4v) is 2.66. The van der Waals surface area contributed by atoms with Crippen LogP contribution < -0.4 is 5.32 Å². The molecular formula is C19H22N2O6. The number of rotatable bonds is 8. The zero-order valence-corrected chi connectivity index (χ0v) is 14.9. The number of nitrogens with zero attached hydrogens (tertiary/aromatic N) is 1. The van der Waals surface area contributed by atoms with Gasteiger partial charge in [0, 0.05) is 12.6 Å². The molecule has 144 valence electrons. The van der Waals surface area contributed by atoms with Gasteiger partial charge >= 0.3 is 6.09 Å². The Bertz CT molecular complexity index is 781. The summed E-state index contributed by atoms with van der Waals surface area (Å²) in [6.45, 7) is 1.79. The first-order chi connectivity index (χ1) is 12.9. The van der Waals surface area contributed by atoms with Gasteiger partial charge in [0.25, 0.3) is 5.69 Å². The Morgan fingerprint density at radius 2 is 1.89 bits per heavy atom. The fourth-order valence-electron chi connectivity index (χ4n) is 2.66. The molecule has 2 unspecified atom stereocenters. The summed E-state index contributed by atoms with van der Waals surface area (Å²) < 4.78 is 5.04. The number of carbonyl (C=O) groups is 1. The van der Waals surface area contributed by atoms with Gasteiger partial charge in [-0.25, -0.2) is 4.79 Å². The van der Waals surface area contributed by atoms with Crippen molar-refractivity contribution in [2.45, 2.75) is 32.2 Å². The zero-order chi connectivity index (χ0) is 19.8. The van der Waals surface area contributed by atoms with Gasteiger partial charge in [0.1, 0.15) is 12.7 Å². The van der Waals surface area contributed by atoms with Gasteiger partial charge in [-0.1, -0.05) is 42.5 Å². The van der Waals surface area contributed by atoms with E-state index in [-0.39, 0.29) is 30.8 Å². The van der Waals surface area contributed by atoms with Crippen LogP contribution in [0.3, 0.4) is 0 Å². The summed E-state index contributed by atoms with van der Waals surface area (Å²) in [5.74, 6) is 0. The molecule has 3 N–H and O–H groups in total. The number of aryl methyl sites for hydroxylation is 1. The maximum atomic E-state index is 11.7. The van der Waals surface area contributed by atoms with Gasteiger partial charge in [0.2, 0.25) is 0 Å². The third-order valence-electron chi connectivity index (χ3n) is 4.08. The van der Waals surface area contributed by atoms with Crippen molar-refractivity contribution in [1.82, 2.24) is 5.32 Å². The van der Waals surface area contributed by atoms with E-state index in [0.29, 0.717) is 5.56 Å². The molecule has 1 amide bonds. The quantitative estimate of drug-likeness (QED) is 0.482. The number of nitrogens with one attached hydrogen (secondary N) is 1. The van der Waals surface area contributed by atoms with Crippen LogP contribution in [-0.2, 0) is 11.3 Å². The highest BCUT2D eigenvalue weighted by molar-refractivity contribution is 5.67. The van der Waals surface area contributed by atoms with E-state index in [4.69, 9.17) is 4.74 Å². The molecule has 8 nitrogen and oxygen atoms in total. The lowest BCUT2D eigenvalue weighted by molar-refractivity contribution is -0.386. The number of benzene rings is 2. The second kappa shape index (κ2) is 9.65. The zero-order valence-electron chi connectivity index (χ0n) is 14.9. The monoisotopic (exact) mass is 374 g/mol. The van der Waals surface area contributed by atoms with Gasteiger partial charge in [-0.05, 0) is 24.5 Å². The maximum absolute atomic E-state index is 11.7. The van der Waals surface area contributed by atoms with Crippen LogP contribution in [0.5, 0.6) is 0 Å². The second-order valence-corrected chi connectivity index (χ2v) is 6.05. The summed E-state index contributed by atoms with van der Waals surface area (Å²) in [5.41, 5.74) is 1.17. The predicted octanol–water partition coefficient (Wildman–Crippen LogP) is 2.61. The van der Waals surface area contributed by atoms with E-state index in [1.807, 2.05) is 30.3 Å². The Morgan fingerprint density at radius 3 is 2.56 bits per heavy atom. The van der Waals surface area contributed by atoms with Crippen molar-refractivity contribution in [2.24, 2.45) is 0 Å². The topological polar surface area (TPSA) is 122 Å². The van der Waals surface area contributed by atoms with Gasteiger partial charge in [-0.2, -0.15) is 0 Å². The van der Waals surface area contributed by atoms with Crippen molar-refractivity contribution in [2.75, 3.05) is 6.54 Å². The lowest BCUT2D eigenvalue weighted by atomic mass is 9.96. The Hall–Kier alpha value is -2.97. The summed E-state index contributed by atoms with van der Waals surface area (Å²) in [4.78, 5) is 22.2. The summed E-state index contributed by atoms with van der Waals surface area (Å²) in [6.07, 6.45) is -3.36. The minimum atomic E-state index is -1.44. The van der Waals surface area contributed by atoms with E-state index in [1.165, 1.54) is 12.1 Å². The Labute approximate surface area is 156 Å². The molecule has 0 radical (unpaired) electrons. The molecule has 0 spiro atoms. The Morgan fingerprint density at radius 1 is 1.19 bits per heavy atom. The largest absolute Gasteiger partial charge is 0.445 e. The molecule has 2 aromatic carbocycles. The molecule has 2 rings (SSSR count). The van der Waals surface area contributed by atoms with E-state index in [0.717, 1.165) is 5.56 Å². The Kier molecular flexibility index (Phi) is 7.27. The van der Waals surface area contributed by atoms with Crippen LogP contribution in [-0.4, -0.2) is 33.9 Å². The van der Waals surface area contributed by atoms with Crippen molar-refractivity contribution in [3.63, 3.8) is 0 Å². The smallest absolute Gasteiger partial charge is 0.407 e. The first kappa shape index (κ1) is 20.3. The average molecular weight is 374 g/mol. The summed E-state index contributed by atoms with van der Waals surface area (Å²) in [5, 5.41) is 34.1. The number of nitro benzene ring substituents is 1. The van der Waals surface area contributed by atoms with E-state index in [9.17, 15) is 25.1 Å². The highest BCUT2D eigenvalue weighted by atomic mass is 16.6. The molecule has 0 saturated carbocycles. The molecule has 8 heteroatoms. The third kappa shape index (κ3) is 5.77. The molecule has 2 aromatic rings. The number of aliphatic hydroxyl groups is 2. The highest BCUT2D eigenvalue weighted by Crippen LogP contribution is 2.31. The van der Waals surface area contributed by atoms with Crippen molar-refractivity contribution in [3.8, 4) is 0 Å². The van der Waals surface area contributed by atoms with Gasteiger partial charge in [0.15, 0.2) is 0 Å². The number of ether oxygens (including phenoxy) is 1. The average Bonchev–Trinajstić information content (AvgIpc) is 2.66. The Balaban J connectivity index is 1.84. The SMILES string of the molecule is Cc1cccc([N+](=O)[O-])c1C(O)C(O)CCNC(=O)OCc1ccccc1. The van der Waals surface area contributed by atoms with Gasteiger partial charge in [-0.3, -0.25) is 10.1 Å². The van der Waals surface area contributed by atoms with E-state index in [1.54, 1.807) is 13.0 Å². The van der Waals surface area contributed by atoms with Crippen LogP contribution in [0.15, 0.2) is 48.5 Å². The molecular weight excluding hydrogens is 352 g/mol. The van der Waals surface area contributed by atoms with Crippen molar-refractivity contribution in [1.29, 1.82) is 0 Å². The number of carbonyl (C=O) groups excluding carboxylic acids is 1. The third-order valence-corrected chi connectivity index (χ3v) is 4.08. The van der Waals surface area contributed by atoms with E-state index in [2.05, 4.69) is 5.32 Å². The standard InChI is InChI=1S/C19H22N2O6/c1-13-6-5-9-15(21(25)26)17(13)18(23)16(22)10-11-20-19(24)27-12-14-7-3-2-4-8-14/h2-9,16,18,22-23H,10-12H2,1H3,(H,20,24). The summed E-state index contributed by atoms with van der Waals surface area (Å²) >= 11 is 0. The second-order valence-electron chi connectivity index (χ2n) is 6.05. The van der Waals surface area contributed by atoms with Crippen LogP contribution in [0, 0.1) is 17.0 Å². The summed E-state index contributed by atoms with van der Waals surface area (Å²) in [7, 11) is 0. The van der Waals surface area contributed by atoms with Gasteiger partial charge in [-0.15, -0.1) is 0 Å². The van der Waals surface area contributed by atoms with Crippen LogP contribution in [0.1, 0.15) is 29.2 Å². The van der Waals surface area contributed by atoms with Crippen LogP contribution in [0.2, 0.25) is 0 Å². The van der Waals surface area contributed by atoms with Crippen molar-refractivity contribution in [3.05, 3.63) is 75.3 Å². The number of alkyl carbamates (subject to hydrolysis) is 1. The molecule has 0 heterocycles. The van der Waals surface area contributed by atoms with Crippen LogP contribution >= 0.6 is 0 Å². The number of hydrogen-bond donors (Lipinski definition) is 3. The van der Waals surface area contributed by atoms with Gasteiger partial charge < -0.3 is 20.3 Å². The molecule has 0 fully saturated rings. The molecule has 0 saturated heterocycles. The molecule has 0 aliphatic carbocycles. The molecule has 0 aromatic heterocycles. The van der Waals surface area contributed by atoms with E-state index >= 15 is 0 Å². The first-order valence-corrected chi connectivity index (χ1v) is 8.44. The van der Waals surface area contributed by atoms with Gasteiger partial charge in [0.05, 0.1) is 16.6 Å². The molecule has 0 aliphatic rings. The molecule has 27 heavy (non-hydrogen) atoms. The summed E-state index contributed by atoms with van der Waals surface area (Å²) in [6, 6.07) is 13.6. The number of aliphatic hydroxyl groups excluding tert-OH is 2. The normalized spacial score (nSPS) is 12.9. The first-order valence-electron chi connectivity index (χ1n) is 8.44. The van der Waals surface area contributed by atoms with Crippen LogP contribution in [0.4, 0.5) is 10.5 Å². The fraction of sp³-hybridized carbons (Fsp3) is 0.316. The number of amides is 1. The maximum Gasteiger partial charge on any atom is 0.407 e. The highest BCUT2D eigenvalue weighted by Gasteiger charge is 2.27. The number of nitro groups is 1. The molecule has 0 aliphatic heterocycles. The number of hydrogen-bond acceptors (Lipinski definition) is 6. The minimum absolute atomic E-state index is 0.00704. The van der Waals surface area contributed by atoms with Crippen molar-refractivity contribution >= 4 is 11.8 Å². The van der Waals surface area contributed by atoms with Crippen molar-refractivity contribution < 1.29 is 24.7 Å². The molecule has 2 atom stereocenters. The predicted molar refractivity (Wildman–Crippen MR) is 98.0 cm³/mol. The lowest BCUT2D eigenvalue weighted by Crippen LogP contribution is -2.30. The lowest BCUT2D eigenvalue weighted by Gasteiger charge is -2.20. The molecule has 0 bridgehead atoms. The van der Waals surface area contributed by atoms with Crippen LogP contribution in [0.25, 0.3) is 0 Å². The minimum Gasteiger partial charge on any atom is -0.445 e.